The van der Waals surface area contributed by atoms with E-state index < -0.39 is 49.3 Å². The third-order valence-electron chi connectivity index (χ3n) is 10.3. The van der Waals surface area contributed by atoms with Crippen molar-refractivity contribution in [2.75, 3.05) is 0 Å². The number of rotatable bonds is 0. The average Bonchev–Trinajstić information content (AvgIpc) is 2.22. The van der Waals surface area contributed by atoms with E-state index in [-0.39, 0.29) is 58.7 Å². The Morgan fingerprint density at radius 1 is 0.409 bits per heavy atom. The molecule has 0 aromatic rings. The maximum absolute atomic E-state index is 3.05. The van der Waals surface area contributed by atoms with Crippen molar-refractivity contribution in [3.63, 3.8) is 0 Å². The SMILES string of the molecule is C[Si]1(C)[Si-]2[Si](C)(C)[Si](C)(C)[Si](C)([Si]1(C)C)[Si](C)(C)[Si]2(C)C.[K+]. The summed E-state index contributed by atoms with van der Waals surface area (Å²) in [5, 5.41) is 0. The normalized spacial score (nSPS) is 34.8. The van der Waals surface area contributed by atoms with Crippen LogP contribution in [0.1, 0.15) is 0 Å². The molecule has 0 unspecified atom stereocenters. The van der Waals surface area contributed by atoms with Gasteiger partial charge in [-0.3, -0.25) is 7.35 Å². The van der Waals surface area contributed by atoms with Gasteiger partial charge >= 0.3 is 51.4 Å². The minimum Gasteiger partial charge on any atom is -0.258 e. The van der Waals surface area contributed by atoms with Gasteiger partial charge in [0.2, 0.25) is 0 Å². The number of fused-ring (bicyclic) bond motifs is 3. The van der Waals surface area contributed by atoms with Crippen molar-refractivity contribution >= 4 is 56.6 Å². The van der Waals surface area contributed by atoms with E-state index in [2.05, 4.69) is 85.1 Å². The Kier molecular flexibility index (Phi) is 6.05. The number of hydrogen-bond acceptors (Lipinski definition) is 0. The minimum atomic E-state index is -1.01. The molecule has 0 aromatic carbocycles. The zero-order valence-electron chi connectivity index (χ0n) is 18.0. The predicted molar refractivity (Wildman–Crippen MR) is 122 cm³/mol. The fraction of sp³-hybridized carbons (Fsp3) is 1.00. The van der Waals surface area contributed by atoms with Gasteiger partial charge in [-0.1, -0.05) is 85.1 Å². The molecule has 3 aliphatic heterocycles. The minimum absolute atomic E-state index is 0. The molecule has 3 aliphatic rings. The van der Waals surface area contributed by atoms with Crippen LogP contribution in [0.3, 0.4) is 0 Å². The van der Waals surface area contributed by atoms with E-state index in [1.54, 1.807) is 0 Å². The maximum Gasteiger partial charge on any atom is 1.00 e. The summed E-state index contributed by atoms with van der Waals surface area (Å²) in [4.78, 5) is 0. The molecule has 3 saturated heterocycles. The molecule has 9 heteroatoms. The van der Waals surface area contributed by atoms with Crippen molar-refractivity contribution in [1.82, 2.24) is 0 Å². The second-order valence-corrected chi connectivity index (χ2v) is 110. The van der Waals surface area contributed by atoms with Crippen LogP contribution >= 0.6 is 0 Å². The van der Waals surface area contributed by atoms with Gasteiger partial charge < -0.3 is 0 Å². The molecule has 0 spiro atoms. The van der Waals surface area contributed by atoms with Crippen LogP contribution in [0.4, 0.5) is 0 Å². The van der Waals surface area contributed by atoms with E-state index in [9.17, 15) is 0 Å². The average molecular weight is 459 g/mol. The molecule has 3 heterocycles. The van der Waals surface area contributed by atoms with Gasteiger partial charge in [-0.15, -0.1) is 21.3 Å². The fourth-order valence-corrected chi connectivity index (χ4v) is 496. The number of hydrogen-bond donors (Lipinski definition) is 0. The molecular formula is C13H39KSi8. The van der Waals surface area contributed by atoms with Crippen molar-refractivity contribution in [3.05, 3.63) is 0 Å². The quantitative estimate of drug-likeness (QED) is 0.483. The summed E-state index contributed by atoms with van der Waals surface area (Å²) in [6.07, 6.45) is 0. The summed E-state index contributed by atoms with van der Waals surface area (Å²) in [6, 6.07) is 0. The molecule has 0 aromatic heterocycles. The second kappa shape index (κ2) is 5.69. The van der Waals surface area contributed by atoms with Gasteiger partial charge in [0.25, 0.3) is 0 Å². The third kappa shape index (κ3) is 2.06. The Labute approximate surface area is 190 Å². The topological polar surface area (TPSA) is 0 Å². The van der Waals surface area contributed by atoms with Crippen LogP contribution in [0.15, 0.2) is 0 Å². The Hall–Kier alpha value is 3.37. The van der Waals surface area contributed by atoms with Crippen LogP contribution in [0.5, 0.6) is 0 Å². The van der Waals surface area contributed by atoms with Crippen LogP contribution in [0.2, 0.25) is 85.1 Å². The van der Waals surface area contributed by atoms with Crippen LogP contribution in [0.25, 0.3) is 0 Å². The molecule has 0 atom stereocenters. The molecule has 124 valence electrons. The van der Waals surface area contributed by atoms with Crippen molar-refractivity contribution < 1.29 is 51.4 Å². The molecule has 0 aliphatic carbocycles. The third-order valence-corrected chi connectivity index (χ3v) is 248. The van der Waals surface area contributed by atoms with Crippen molar-refractivity contribution in [3.8, 4) is 0 Å². The summed E-state index contributed by atoms with van der Waals surface area (Å²) in [5.74, 6) is 0. The zero-order valence-corrected chi connectivity index (χ0v) is 29.1. The summed E-state index contributed by atoms with van der Waals surface area (Å²) in [6.45, 7) is 37.4. The van der Waals surface area contributed by atoms with Crippen molar-refractivity contribution in [2.45, 2.75) is 85.1 Å². The fourth-order valence-electron chi connectivity index (χ4n) is 7.50. The first-order valence-corrected chi connectivity index (χ1v) is 39.8. The Morgan fingerprint density at radius 3 is 0.773 bits per heavy atom. The monoisotopic (exact) mass is 458 g/mol. The van der Waals surface area contributed by atoms with E-state index in [1.807, 2.05) is 0 Å². The molecule has 0 saturated carbocycles. The molecule has 3 fully saturated rings. The van der Waals surface area contributed by atoms with E-state index >= 15 is 0 Å². The molecular weight excluding hydrogens is 420 g/mol. The smallest absolute Gasteiger partial charge is 0.258 e. The van der Waals surface area contributed by atoms with Crippen LogP contribution < -0.4 is 51.4 Å². The van der Waals surface area contributed by atoms with Gasteiger partial charge in [-0.05, 0) is 21.3 Å². The zero-order chi connectivity index (χ0) is 17.1. The molecule has 0 amide bonds. The van der Waals surface area contributed by atoms with E-state index in [0.717, 1.165) is 0 Å². The summed E-state index contributed by atoms with van der Waals surface area (Å²) >= 11 is 0. The van der Waals surface area contributed by atoms with E-state index in [1.165, 1.54) is 0 Å². The molecule has 2 bridgehead atoms. The van der Waals surface area contributed by atoms with Gasteiger partial charge in [0.1, 0.15) is 0 Å². The van der Waals surface area contributed by atoms with Crippen LogP contribution in [-0.4, -0.2) is 56.6 Å². The standard InChI is InChI=1S/C13H39Si8.K/c1-15(2)14-16(3,4)19(9,10)21(13,18(15,7)8)20(11,12)17(14,5)6;/h1-13H3;/q-1;+1. The molecule has 3 rings (SSSR count). The molecule has 0 N–H and O–H groups in total. The molecule has 0 nitrogen and oxygen atoms in total. The second-order valence-electron chi connectivity index (χ2n) is 11.2. The van der Waals surface area contributed by atoms with Crippen LogP contribution in [0, 0.1) is 0 Å². The van der Waals surface area contributed by atoms with E-state index in [0.29, 0.717) is 0 Å². The first-order chi connectivity index (χ1) is 8.87. The maximum atomic E-state index is 3.05. The molecule has 22 heavy (non-hydrogen) atoms. The Bertz CT molecular complexity index is 425. The first-order valence-electron chi connectivity index (χ1n) is 8.75. The van der Waals surface area contributed by atoms with Gasteiger partial charge in [0.15, 0.2) is 0 Å². The summed E-state index contributed by atoms with van der Waals surface area (Å²) in [5.41, 5.74) is 0. The van der Waals surface area contributed by atoms with Crippen molar-refractivity contribution in [1.29, 1.82) is 0 Å². The van der Waals surface area contributed by atoms with Gasteiger partial charge in [0, 0.05) is 6.63 Å². The van der Waals surface area contributed by atoms with Gasteiger partial charge in [-0.25, -0.2) is 0 Å². The summed E-state index contributed by atoms with van der Waals surface area (Å²) in [7, 11) is -5.60. The predicted octanol–water partition coefficient (Wildman–Crippen LogP) is 1.55. The Morgan fingerprint density at radius 2 is 0.591 bits per heavy atom. The largest absolute Gasteiger partial charge is 1.00 e. The summed E-state index contributed by atoms with van der Waals surface area (Å²) < 4.78 is 0. The molecule has 0 radical (unpaired) electrons. The van der Waals surface area contributed by atoms with E-state index in [4.69, 9.17) is 0 Å². The van der Waals surface area contributed by atoms with Gasteiger partial charge in [-0.2, -0.15) is 0 Å². The van der Waals surface area contributed by atoms with Crippen LogP contribution in [-0.2, 0) is 0 Å². The first kappa shape index (κ1) is 23.4. The van der Waals surface area contributed by atoms with Crippen molar-refractivity contribution in [2.24, 2.45) is 0 Å². The van der Waals surface area contributed by atoms with Gasteiger partial charge in [0.05, 0.1) is 0 Å². The Balaban J connectivity index is 0.00000242.